The number of hydrogen-bond acceptors (Lipinski definition) is 3. The fraction of sp³-hybridized carbons (Fsp3) is 0.417. The maximum absolute atomic E-state index is 13.0. The first-order valence-electron chi connectivity index (χ1n) is 5.73. The van der Waals surface area contributed by atoms with E-state index in [0.717, 1.165) is 17.5 Å². The Bertz CT molecular complexity index is 539. The van der Waals surface area contributed by atoms with E-state index in [1.165, 1.54) is 12.1 Å². The molecule has 1 atom stereocenters. The van der Waals surface area contributed by atoms with Crippen LogP contribution in [0.25, 0.3) is 0 Å². The first kappa shape index (κ1) is 13.0. The minimum absolute atomic E-state index is 0.214. The monoisotopic (exact) mass is 268 g/mol. The van der Waals surface area contributed by atoms with Gasteiger partial charge in [0, 0.05) is 6.54 Å². The largest absolute Gasteiger partial charge is 0.228 e. The average molecular weight is 269 g/mol. The van der Waals surface area contributed by atoms with Gasteiger partial charge in [-0.25, -0.2) is 9.07 Å². The molecule has 4 nitrogen and oxygen atoms in total. The number of benzene rings is 1. The van der Waals surface area contributed by atoms with Gasteiger partial charge in [-0.15, -0.1) is 16.7 Å². The van der Waals surface area contributed by atoms with Gasteiger partial charge in [-0.2, -0.15) is 0 Å². The van der Waals surface area contributed by atoms with Crippen molar-refractivity contribution in [3.8, 4) is 0 Å². The lowest BCUT2D eigenvalue weighted by molar-refractivity contribution is 0.562. The summed E-state index contributed by atoms with van der Waals surface area (Å²) in [7, 11) is 0. The van der Waals surface area contributed by atoms with Crippen molar-refractivity contribution in [3.63, 3.8) is 0 Å². The fourth-order valence-electron chi connectivity index (χ4n) is 1.82. The van der Waals surface area contributed by atoms with Gasteiger partial charge in [-0.1, -0.05) is 6.07 Å². The second kappa shape index (κ2) is 5.44. The summed E-state index contributed by atoms with van der Waals surface area (Å²) < 4.78 is 14.7. The topological polar surface area (TPSA) is 43.6 Å². The van der Waals surface area contributed by atoms with Crippen LogP contribution in [0, 0.1) is 12.7 Å². The molecule has 0 aliphatic heterocycles. The lowest BCUT2D eigenvalue weighted by Gasteiger charge is -2.08. The van der Waals surface area contributed by atoms with E-state index in [0.29, 0.717) is 12.4 Å². The Labute approximate surface area is 110 Å². The summed E-state index contributed by atoms with van der Waals surface area (Å²) >= 11 is 5.97. The maximum Gasteiger partial charge on any atom is 0.168 e. The van der Waals surface area contributed by atoms with E-state index in [4.69, 9.17) is 11.6 Å². The van der Waals surface area contributed by atoms with Crippen LogP contribution < -0.4 is 0 Å². The van der Waals surface area contributed by atoms with Crippen molar-refractivity contribution in [2.24, 2.45) is 0 Å². The lowest BCUT2D eigenvalue weighted by atomic mass is 10.1. The Kier molecular flexibility index (Phi) is 3.91. The van der Waals surface area contributed by atoms with Gasteiger partial charge >= 0.3 is 0 Å². The summed E-state index contributed by atoms with van der Waals surface area (Å²) in [6.07, 6.45) is 0.744. The van der Waals surface area contributed by atoms with Crippen LogP contribution in [0.3, 0.4) is 0 Å². The van der Waals surface area contributed by atoms with Crippen molar-refractivity contribution in [2.75, 3.05) is 0 Å². The molecule has 0 bridgehead atoms. The van der Waals surface area contributed by atoms with E-state index in [-0.39, 0.29) is 11.2 Å². The van der Waals surface area contributed by atoms with Gasteiger partial charge in [0.2, 0.25) is 0 Å². The second-order valence-corrected chi connectivity index (χ2v) is 4.85. The normalized spacial score (nSPS) is 12.7. The predicted molar refractivity (Wildman–Crippen MR) is 66.9 cm³/mol. The number of rotatable bonds is 4. The third-order valence-electron chi connectivity index (χ3n) is 2.81. The Morgan fingerprint density at radius 3 is 2.89 bits per heavy atom. The fourth-order valence-corrected chi connectivity index (χ4v) is 1.98. The van der Waals surface area contributed by atoms with Crippen LogP contribution in [-0.2, 0) is 13.0 Å². The minimum Gasteiger partial charge on any atom is -0.228 e. The number of aromatic nitrogens is 4. The Morgan fingerprint density at radius 1 is 1.44 bits per heavy atom. The number of tetrazole rings is 1. The van der Waals surface area contributed by atoms with Gasteiger partial charge in [0.1, 0.15) is 5.82 Å². The summed E-state index contributed by atoms with van der Waals surface area (Å²) in [4.78, 5) is 0. The highest BCUT2D eigenvalue weighted by atomic mass is 35.5. The third-order valence-corrected chi connectivity index (χ3v) is 3.01. The minimum atomic E-state index is -0.227. The number of aryl methyl sites for hydroxylation is 3. The lowest BCUT2D eigenvalue weighted by Crippen LogP contribution is -2.09. The smallest absolute Gasteiger partial charge is 0.168 e. The molecule has 0 saturated heterocycles. The van der Waals surface area contributed by atoms with Gasteiger partial charge < -0.3 is 0 Å². The van der Waals surface area contributed by atoms with E-state index in [1.807, 2.05) is 13.8 Å². The molecule has 0 amide bonds. The van der Waals surface area contributed by atoms with Crippen LogP contribution in [0.5, 0.6) is 0 Å². The zero-order valence-corrected chi connectivity index (χ0v) is 11.0. The summed E-state index contributed by atoms with van der Waals surface area (Å²) in [6, 6.07) is 4.78. The molecule has 2 aromatic rings. The zero-order chi connectivity index (χ0) is 13.1. The molecular formula is C12H14ClFN4. The van der Waals surface area contributed by atoms with E-state index < -0.39 is 0 Å². The number of halogens is 2. The van der Waals surface area contributed by atoms with Crippen molar-refractivity contribution in [1.82, 2.24) is 20.2 Å². The van der Waals surface area contributed by atoms with Crippen molar-refractivity contribution < 1.29 is 4.39 Å². The van der Waals surface area contributed by atoms with Gasteiger partial charge in [0.15, 0.2) is 5.82 Å². The molecule has 1 aromatic carbocycles. The summed E-state index contributed by atoms with van der Waals surface area (Å²) in [6.45, 7) is 4.35. The van der Waals surface area contributed by atoms with Crippen molar-refractivity contribution in [2.45, 2.75) is 32.2 Å². The number of alkyl halides is 1. The number of hydrogen-bond donors (Lipinski definition) is 0. The summed E-state index contributed by atoms with van der Waals surface area (Å²) in [5.41, 5.74) is 2.02. The standard InChI is InChI=1S/C12H14ClFN4/c1-8-7-11(14)4-3-10(8)5-6-18-12(9(2)13)15-16-17-18/h3-4,7,9H,5-6H2,1-2H3. The summed E-state index contributed by atoms with van der Waals surface area (Å²) in [5.74, 6) is 0.435. The van der Waals surface area contributed by atoms with Crippen molar-refractivity contribution >= 4 is 11.6 Å². The SMILES string of the molecule is Cc1cc(F)ccc1CCn1nnnc1C(C)Cl. The molecule has 0 radical (unpaired) electrons. The second-order valence-electron chi connectivity index (χ2n) is 4.20. The van der Waals surface area contributed by atoms with Crippen LogP contribution in [0.4, 0.5) is 4.39 Å². The van der Waals surface area contributed by atoms with E-state index in [2.05, 4.69) is 15.5 Å². The molecule has 1 heterocycles. The van der Waals surface area contributed by atoms with Crippen molar-refractivity contribution in [1.29, 1.82) is 0 Å². The van der Waals surface area contributed by atoms with Crippen LogP contribution in [0.15, 0.2) is 18.2 Å². The molecule has 1 aromatic heterocycles. The molecule has 6 heteroatoms. The van der Waals surface area contributed by atoms with Gasteiger partial charge in [0.05, 0.1) is 5.38 Å². The van der Waals surface area contributed by atoms with E-state index in [9.17, 15) is 4.39 Å². The molecule has 0 aliphatic rings. The molecule has 18 heavy (non-hydrogen) atoms. The quantitative estimate of drug-likeness (QED) is 0.801. The molecule has 0 spiro atoms. The van der Waals surface area contributed by atoms with Crippen molar-refractivity contribution in [3.05, 3.63) is 41.0 Å². The third kappa shape index (κ3) is 2.85. The maximum atomic E-state index is 13.0. The van der Waals surface area contributed by atoms with Crippen LogP contribution in [0.1, 0.15) is 29.3 Å². The first-order valence-corrected chi connectivity index (χ1v) is 6.16. The van der Waals surface area contributed by atoms with Crippen LogP contribution in [0.2, 0.25) is 0 Å². The molecule has 2 rings (SSSR count). The number of nitrogens with zero attached hydrogens (tertiary/aromatic N) is 4. The zero-order valence-electron chi connectivity index (χ0n) is 10.3. The highest BCUT2D eigenvalue weighted by Crippen LogP contribution is 2.16. The molecule has 1 unspecified atom stereocenters. The molecular weight excluding hydrogens is 255 g/mol. The molecule has 96 valence electrons. The van der Waals surface area contributed by atoms with E-state index in [1.54, 1.807) is 10.7 Å². The Hall–Kier alpha value is -1.49. The Morgan fingerprint density at radius 2 is 2.22 bits per heavy atom. The van der Waals surface area contributed by atoms with Crippen LogP contribution in [-0.4, -0.2) is 20.2 Å². The van der Waals surface area contributed by atoms with Gasteiger partial charge in [-0.05, 0) is 54.0 Å². The van der Waals surface area contributed by atoms with Gasteiger partial charge in [0.25, 0.3) is 0 Å². The Balaban J connectivity index is 2.09. The molecule has 0 aliphatic carbocycles. The van der Waals surface area contributed by atoms with E-state index >= 15 is 0 Å². The molecule has 0 fully saturated rings. The molecule has 0 saturated carbocycles. The predicted octanol–water partition coefficient (Wildman–Crippen LogP) is 2.66. The highest BCUT2D eigenvalue weighted by molar-refractivity contribution is 6.20. The average Bonchev–Trinajstić information content (AvgIpc) is 2.76. The molecule has 0 N–H and O–H groups in total. The van der Waals surface area contributed by atoms with Gasteiger partial charge in [-0.3, -0.25) is 0 Å². The highest BCUT2D eigenvalue weighted by Gasteiger charge is 2.11. The summed E-state index contributed by atoms with van der Waals surface area (Å²) in [5, 5.41) is 11.2. The first-order chi connectivity index (χ1) is 8.58. The van der Waals surface area contributed by atoms with Crippen LogP contribution >= 0.6 is 11.6 Å².